The normalized spacial score (nSPS) is 10.7. The van der Waals surface area contributed by atoms with Gasteiger partial charge in [-0.25, -0.2) is 4.68 Å². The summed E-state index contributed by atoms with van der Waals surface area (Å²) in [6, 6.07) is 15.9. The molecule has 0 atom stereocenters. The zero-order chi connectivity index (χ0) is 21.7. The zero-order valence-corrected chi connectivity index (χ0v) is 17.1. The highest BCUT2D eigenvalue weighted by atomic mass is 16.5. The minimum Gasteiger partial charge on any atom is -0.484 e. The first kappa shape index (κ1) is 20.9. The largest absolute Gasteiger partial charge is 0.484 e. The van der Waals surface area contributed by atoms with Gasteiger partial charge in [0.1, 0.15) is 11.4 Å². The number of amides is 2. The van der Waals surface area contributed by atoms with Crippen LogP contribution in [0.15, 0.2) is 65.6 Å². The molecule has 0 aliphatic rings. The predicted octanol–water partition coefficient (Wildman–Crippen LogP) is 2.79. The van der Waals surface area contributed by atoms with Crippen LogP contribution in [0.3, 0.4) is 0 Å². The number of rotatable bonds is 7. The van der Waals surface area contributed by atoms with E-state index in [1.807, 2.05) is 18.2 Å². The van der Waals surface area contributed by atoms with Crippen molar-refractivity contribution in [2.24, 2.45) is 13.0 Å². The fraction of sp³-hybridized carbons (Fsp3) is 0.227. The number of hydrogen-bond donors (Lipinski definition) is 2. The monoisotopic (exact) mass is 408 g/mol. The van der Waals surface area contributed by atoms with Gasteiger partial charge in [0.05, 0.1) is 11.9 Å². The molecule has 0 bridgehead atoms. The molecule has 8 heteroatoms. The number of anilines is 2. The van der Waals surface area contributed by atoms with E-state index in [-0.39, 0.29) is 29.7 Å². The molecular weight excluding hydrogens is 384 g/mol. The summed E-state index contributed by atoms with van der Waals surface area (Å²) in [7, 11) is 1.72. The second kappa shape index (κ2) is 9.13. The van der Waals surface area contributed by atoms with Gasteiger partial charge >= 0.3 is 0 Å². The lowest BCUT2D eigenvalue weighted by Gasteiger charge is -2.10. The predicted molar refractivity (Wildman–Crippen MR) is 115 cm³/mol. The third-order valence-electron chi connectivity index (χ3n) is 4.32. The van der Waals surface area contributed by atoms with Crippen molar-refractivity contribution in [2.45, 2.75) is 13.8 Å². The van der Waals surface area contributed by atoms with Gasteiger partial charge in [0, 0.05) is 24.7 Å². The molecule has 0 aliphatic carbocycles. The van der Waals surface area contributed by atoms with E-state index < -0.39 is 5.91 Å². The van der Waals surface area contributed by atoms with Crippen molar-refractivity contribution in [1.82, 2.24) is 9.36 Å². The third-order valence-corrected chi connectivity index (χ3v) is 4.32. The molecule has 1 heterocycles. The minimum atomic E-state index is -0.463. The highest BCUT2D eigenvalue weighted by molar-refractivity contribution is 5.92. The summed E-state index contributed by atoms with van der Waals surface area (Å²) >= 11 is 0. The third kappa shape index (κ3) is 4.96. The molecule has 30 heavy (non-hydrogen) atoms. The number of ether oxygens (including phenoxy) is 1. The number of carbonyl (C=O) groups excluding carboxylic acids is 2. The van der Waals surface area contributed by atoms with Gasteiger partial charge in [-0.2, -0.15) is 0 Å². The van der Waals surface area contributed by atoms with Crippen LogP contribution >= 0.6 is 0 Å². The molecule has 3 rings (SSSR count). The molecule has 0 radical (unpaired) electrons. The molecule has 1 aromatic heterocycles. The zero-order valence-electron chi connectivity index (χ0n) is 17.1. The first-order valence-electron chi connectivity index (χ1n) is 9.53. The maximum atomic E-state index is 12.6. The van der Waals surface area contributed by atoms with Crippen LogP contribution in [0, 0.1) is 5.92 Å². The number of nitrogens with one attached hydrogen (secondary N) is 2. The van der Waals surface area contributed by atoms with Crippen LogP contribution in [0.1, 0.15) is 13.8 Å². The first-order chi connectivity index (χ1) is 14.3. The van der Waals surface area contributed by atoms with E-state index in [2.05, 4.69) is 10.6 Å². The molecule has 0 fully saturated rings. The molecule has 0 saturated carbocycles. The Morgan fingerprint density at radius 1 is 1.03 bits per heavy atom. The summed E-state index contributed by atoms with van der Waals surface area (Å²) in [5.74, 6) is -0.286. The lowest BCUT2D eigenvalue weighted by molar-refractivity contribution is -0.119. The number of carbonyl (C=O) groups is 2. The van der Waals surface area contributed by atoms with Crippen LogP contribution in [0.25, 0.3) is 5.69 Å². The Morgan fingerprint density at radius 3 is 2.47 bits per heavy atom. The summed E-state index contributed by atoms with van der Waals surface area (Å²) in [6.07, 6.45) is 1.55. The van der Waals surface area contributed by atoms with E-state index in [4.69, 9.17) is 4.74 Å². The molecule has 156 valence electrons. The van der Waals surface area contributed by atoms with Gasteiger partial charge in [0.2, 0.25) is 5.91 Å². The highest BCUT2D eigenvalue weighted by Gasteiger charge is 2.14. The van der Waals surface area contributed by atoms with Crippen LogP contribution in [-0.2, 0) is 16.6 Å². The number of aromatic nitrogens is 2. The number of benzene rings is 2. The van der Waals surface area contributed by atoms with Crippen LogP contribution in [0.2, 0.25) is 0 Å². The van der Waals surface area contributed by atoms with Gasteiger partial charge < -0.3 is 15.4 Å². The van der Waals surface area contributed by atoms with Gasteiger partial charge in [-0.05, 0) is 24.3 Å². The van der Waals surface area contributed by atoms with Gasteiger partial charge in [-0.3, -0.25) is 19.1 Å². The number of hydrogen-bond acceptors (Lipinski definition) is 4. The minimum absolute atomic E-state index is 0.108. The van der Waals surface area contributed by atoms with Crippen molar-refractivity contribution in [3.8, 4) is 11.4 Å². The lowest BCUT2D eigenvalue weighted by Crippen LogP contribution is -2.25. The Morgan fingerprint density at radius 2 is 1.77 bits per heavy atom. The molecule has 2 N–H and O–H groups in total. The lowest BCUT2D eigenvalue weighted by atomic mass is 10.2. The van der Waals surface area contributed by atoms with E-state index >= 15 is 0 Å². The molecule has 3 aromatic rings. The van der Waals surface area contributed by atoms with Crippen molar-refractivity contribution < 1.29 is 14.3 Å². The number of nitrogens with zero attached hydrogens (tertiary/aromatic N) is 2. The van der Waals surface area contributed by atoms with Gasteiger partial charge in [-0.15, -0.1) is 0 Å². The van der Waals surface area contributed by atoms with Gasteiger partial charge in [0.15, 0.2) is 6.61 Å². The van der Waals surface area contributed by atoms with E-state index in [0.29, 0.717) is 17.1 Å². The first-order valence-corrected chi connectivity index (χ1v) is 9.53. The Labute approximate surface area is 174 Å². The van der Waals surface area contributed by atoms with Crippen LogP contribution < -0.4 is 20.9 Å². The maximum Gasteiger partial charge on any atom is 0.295 e. The Balaban J connectivity index is 1.63. The summed E-state index contributed by atoms with van der Waals surface area (Å²) in [6.45, 7) is 3.33. The fourth-order valence-electron chi connectivity index (χ4n) is 2.80. The average molecular weight is 408 g/mol. The van der Waals surface area contributed by atoms with Crippen LogP contribution in [-0.4, -0.2) is 27.8 Å². The summed E-state index contributed by atoms with van der Waals surface area (Å²) in [5, 5.41) is 5.36. The molecular formula is C22H24N4O4. The molecule has 8 nitrogen and oxygen atoms in total. The van der Waals surface area contributed by atoms with Gasteiger partial charge in [0.25, 0.3) is 11.5 Å². The summed E-state index contributed by atoms with van der Waals surface area (Å²) in [5.41, 5.74) is 1.10. The van der Waals surface area contributed by atoms with Crippen molar-refractivity contribution in [3.05, 3.63) is 71.1 Å². The Kier molecular flexibility index (Phi) is 6.36. The van der Waals surface area contributed by atoms with Crippen LogP contribution in [0.4, 0.5) is 11.4 Å². The average Bonchev–Trinajstić information content (AvgIpc) is 3.00. The van der Waals surface area contributed by atoms with E-state index in [0.717, 1.165) is 0 Å². The van der Waals surface area contributed by atoms with E-state index in [9.17, 15) is 14.4 Å². The second-order valence-electron chi connectivity index (χ2n) is 7.08. The molecule has 2 aromatic carbocycles. The quantitative estimate of drug-likeness (QED) is 0.629. The van der Waals surface area contributed by atoms with Crippen LogP contribution in [0.5, 0.6) is 5.75 Å². The smallest absolute Gasteiger partial charge is 0.295 e. The topological polar surface area (TPSA) is 94.4 Å². The molecule has 0 saturated heterocycles. The van der Waals surface area contributed by atoms with Crippen molar-refractivity contribution in [3.63, 3.8) is 0 Å². The van der Waals surface area contributed by atoms with Crippen molar-refractivity contribution in [1.29, 1.82) is 0 Å². The molecule has 2 amide bonds. The van der Waals surface area contributed by atoms with Crippen molar-refractivity contribution in [2.75, 3.05) is 17.2 Å². The second-order valence-corrected chi connectivity index (χ2v) is 7.08. The highest BCUT2D eigenvalue weighted by Crippen LogP contribution is 2.18. The summed E-state index contributed by atoms with van der Waals surface area (Å²) < 4.78 is 8.57. The SMILES string of the molecule is CC(C)C(=O)Nc1cccc(OCC(=O)Nc2cn(C)n(-c3ccccc3)c2=O)c1. The number of aryl methyl sites for hydroxylation is 1. The number of para-hydroxylation sites is 1. The summed E-state index contributed by atoms with van der Waals surface area (Å²) in [4.78, 5) is 36.7. The standard InChI is InChI=1S/C22H24N4O4/c1-15(2)21(28)23-16-8-7-11-18(12-16)30-14-20(27)24-19-13-25(3)26(22(19)29)17-9-5-4-6-10-17/h4-13,15H,14H2,1-3H3,(H,23,28)(H,24,27). The Hall–Kier alpha value is -3.81. The van der Waals surface area contributed by atoms with E-state index in [1.54, 1.807) is 68.2 Å². The van der Waals surface area contributed by atoms with Gasteiger partial charge in [-0.1, -0.05) is 38.1 Å². The fourth-order valence-corrected chi connectivity index (χ4v) is 2.80. The molecule has 0 unspecified atom stereocenters. The Bertz CT molecular complexity index is 1100. The van der Waals surface area contributed by atoms with E-state index in [1.165, 1.54) is 4.68 Å². The van der Waals surface area contributed by atoms with Crippen molar-refractivity contribution >= 4 is 23.2 Å². The maximum absolute atomic E-state index is 12.6. The molecule has 0 spiro atoms. The molecule has 0 aliphatic heterocycles.